The number of rotatable bonds is 5. The van der Waals surface area contributed by atoms with Gasteiger partial charge in [0.2, 0.25) is 5.91 Å². The lowest BCUT2D eigenvalue weighted by atomic mass is 10.2. The monoisotopic (exact) mass is 222 g/mol. The minimum Gasteiger partial charge on any atom is -0.374 e. The lowest BCUT2D eigenvalue weighted by molar-refractivity contribution is -0.116. The summed E-state index contributed by atoms with van der Waals surface area (Å²) in [5, 5.41) is 14.8. The Morgan fingerprint density at radius 1 is 1.31 bits per heavy atom. The lowest BCUT2D eigenvalue weighted by Crippen LogP contribution is -2.13. The van der Waals surface area contributed by atoms with Gasteiger partial charge in [-0.2, -0.15) is 0 Å². The molecule has 0 bridgehead atoms. The summed E-state index contributed by atoms with van der Waals surface area (Å²) in [6.45, 7) is 3.62. The predicted molar refractivity (Wildman–Crippen MR) is 65.3 cm³/mol. The first-order chi connectivity index (χ1) is 7.61. The van der Waals surface area contributed by atoms with E-state index in [0.29, 0.717) is 6.42 Å². The maximum Gasteiger partial charge on any atom is 0.224 e. The van der Waals surface area contributed by atoms with Crippen molar-refractivity contribution >= 4 is 17.3 Å². The zero-order chi connectivity index (χ0) is 12.0. The van der Waals surface area contributed by atoms with E-state index in [1.54, 1.807) is 19.1 Å². The largest absolute Gasteiger partial charge is 0.374 e. The van der Waals surface area contributed by atoms with Gasteiger partial charge in [0.1, 0.15) is 6.23 Å². The third-order valence-electron chi connectivity index (χ3n) is 2.02. The van der Waals surface area contributed by atoms with Crippen molar-refractivity contribution in [3.63, 3.8) is 0 Å². The van der Waals surface area contributed by atoms with Crippen LogP contribution in [0.25, 0.3) is 0 Å². The van der Waals surface area contributed by atoms with Gasteiger partial charge in [-0.05, 0) is 37.6 Å². The first-order valence-corrected chi connectivity index (χ1v) is 5.46. The molecule has 4 nitrogen and oxygen atoms in total. The van der Waals surface area contributed by atoms with Crippen LogP contribution in [0.4, 0.5) is 11.4 Å². The summed E-state index contributed by atoms with van der Waals surface area (Å²) < 4.78 is 0. The smallest absolute Gasteiger partial charge is 0.224 e. The first-order valence-electron chi connectivity index (χ1n) is 5.46. The van der Waals surface area contributed by atoms with E-state index in [1.165, 1.54) is 0 Å². The number of carbonyl (C=O) groups is 1. The molecule has 1 aromatic carbocycles. The van der Waals surface area contributed by atoms with Crippen LogP contribution < -0.4 is 10.6 Å². The van der Waals surface area contributed by atoms with Gasteiger partial charge in [-0.1, -0.05) is 6.92 Å². The number of nitrogens with one attached hydrogen (secondary N) is 2. The Bertz CT molecular complexity index is 333. The number of hydrogen-bond donors (Lipinski definition) is 3. The second-order valence-corrected chi connectivity index (χ2v) is 3.70. The Hall–Kier alpha value is -1.55. The van der Waals surface area contributed by atoms with Crippen LogP contribution in [0.2, 0.25) is 0 Å². The van der Waals surface area contributed by atoms with Crippen molar-refractivity contribution in [2.75, 3.05) is 10.6 Å². The van der Waals surface area contributed by atoms with Crippen LogP contribution in [0, 0.1) is 0 Å². The van der Waals surface area contributed by atoms with E-state index in [9.17, 15) is 4.79 Å². The predicted octanol–water partition coefficient (Wildman–Crippen LogP) is 2.18. The van der Waals surface area contributed by atoms with Crippen LogP contribution in [-0.2, 0) is 4.79 Å². The molecule has 0 saturated carbocycles. The molecule has 0 saturated heterocycles. The Labute approximate surface area is 95.7 Å². The van der Waals surface area contributed by atoms with Crippen molar-refractivity contribution in [2.45, 2.75) is 32.9 Å². The summed E-state index contributed by atoms with van der Waals surface area (Å²) in [7, 11) is 0. The van der Waals surface area contributed by atoms with Gasteiger partial charge in [0.25, 0.3) is 0 Å². The third-order valence-corrected chi connectivity index (χ3v) is 2.02. The van der Waals surface area contributed by atoms with E-state index in [4.69, 9.17) is 5.11 Å². The molecule has 1 unspecified atom stereocenters. The quantitative estimate of drug-likeness (QED) is 0.669. The minimum atomic E-state index is -0.583. The van der Waals surface area contributed by atoms with Crippen molar-refractivity contribution in [3.05, 3.63) is 24.3 Å². The van der Waals surface area contributed by atoms with E-state index >= 15 is 0 Å². The number of aliphatic hydroxyl groups is 1. The first kappa shape index (κ1) is 12.5. The zero-order valence-electron chi connectivity index (χ0n) is 9.66. The van der Waals surface area contributed by atoms with E-state index < -0.39 is 6.23 Å². The van der Waals surface area contributed by atoms with Crippen LogP contribution in [0.1, 0.15) is 26.7 Å². The molecule has 0 aromatic heterocycles. The highest BCUT2D eigenvalue weighted by Gasteiger charge is 2.01. The molecular weight excluding hydrogens is 204 g/mol. The molecule has 1 amide bonds. The Balaban J connectivity index is 2.54. The summed E-state index contributed by atoms with van der Waals surface area (Å²) in [5.74, 6) is 0.0266. The number of benzene rings is 1. The van der Waals surface area contributed by atoms with Gasteiger partial charge in [0.15, 0.2) is 0 Å². The fraction of sp³-hybridized carbons (Fsp3) is 0.417. The van der Waals surface area contributed by atoms with Crippen LogP contribution >= 0.6 is 0 Å². The highest BCUT2D eigenvalue weighted by Crippen LogP contribution is 2.14. The standard InChI is InChI=1S/C12H18N2O2/c1-3-4-12(16)14-11-7-5-10(6-8-11)13-9(2)15/h5-9,13,15H,3-4H2,1-2H3,(H,14,16). The molecular formula is C12H18N2O2. The van der Waals surface area contributed by atoms with Gasteiger partial charge in [0.05, 0.1) is 0 Å². The molecule has 0 aliphatic rings. The summed E-state index contributed by atoms with van der Waals surface area (Å²) >= 11 is 0. The molecule has 0 radical (unpaired) electrons. The fourth-order valence-electron chi connectivity index (χ4n) is 1.34. The normalized spacial score (nSPS) is 11.9. The molecule has 1 aromatic rings. The van der Waals surface area contributed by atoms with Gasteiger partial charge < -0.3 is 15.7 Å². The Morgan fingerprint density at radius 2 is 1.88 bits per heavy atom. The Morgan fingerprint density at radius 3 is 2.38 bits per heavy atom. The van der Waals surface area contributed by atoms with Crippen molar-refractivity contribution < 1.29 is 9.90 Å². The Kier molecular flexibility index (Phi) is 4.79. The van der Waals surface area contributed by atoms with Gasteiger partial charge >= 0.3 is 0 Å². The van der Waals surface area contributed by atoms with Gasteiger partial charge in [-0.25, -0.2) is 0 Å². The van der Waals surface area contributed by atoms with Gasteiger partial charge in [-0.15, -0.1) is 0 Å². The average Bonchev–Trinajstić information content (AvgIpc) is 2.20. The van der Waals surface area contributed by atoms with Crippen LogP contribution in [0.15, 0.2) is 24.3 Å². The molecule has 1 rings (SSSR count). The summed E-state index contributed by atoms with van der Waals surface area (Å²) in [6, 6.07) is 7.24. The van der Waals surface area contributed by atoms with Crippen LogP contribution in [-0.4, -0.2) is 17.2 Å². The van der Waals surface area contributed by atoms with Crippen molar-refractivity contribution in [3.8, 4) is 0 Å². The molecule has 0 fully saturated rings. The molecule has 88 valence electrons. The molecule has 4 heteroatoms. The maximum atomic E-state index is 11.3. The fourth-order valence-corrected chi connectivity index (χ4v) is 1.34. The number of aliphatic hydroxyl groups excluding tert-OH is 1. The van der Waals surface area contributed by atoms with Gasteiger partial charge in [0, 0.05) is 17.8 Å². The molecule has 0 heterocycles. The minimum absolute atomic E-state index is 0.0266. The molecule has 1 atom stereocenters. The number of hydrogen-bond acceptors (Lipinski definition) is 3. The van der Waals surface area contributed by atoms with Crippen molar-refractivity contribution in [1.29, 1.82) is 0 Å². The molecule has 0 aliphatic heterocycles. The molecule has 0 aliphatic carbocycles. The topological polar surface area (TPSA) is 61.4 Å². The maximum absolute atomic E-state index is 11.3. The zero-order valence-corrected chi connectivity index (χ0v) is 9.66. The van der Waals surface area contributed by atoms with E-state index in [0.717, 1.165) is 17.8 Å². The highest BCUT2D eigenvalue weighted by atomic mass is 16.3. The van der Waals surface area contributed by atoms with Gasteiger partial charge in [-0.3, -0.25) is 4.79 Å². The van der Waals surface area contributed by atoms with Crippen LogP contribution in [0.3, 0.4) is 0 Å². The number of anilines is 2. The van der Waals surface area contributed by atoms with Crippen LogP contribution in [0.5, 0.6) is 0 Å². The summed E-state index contributed by atoms with van der Waals surface area (Å²) in [5.41, 5.74) is 1.60. The van der Waals surface area contributed by atoms with Crippen molar-refractivity contribution in [2.24, 2.45) is 0 Å². The van der Waals surface area contributed by atoms with E-state index in [2.05, 4.69) is 10.6 Å². The lowest BCUT2D eigenvalue weighted by Gasteiger charge is -2.10. The summed E-state index contributed by atoms with van der Waals surface area (Å²) in [4.78, 5) is 11.3. The average molecular weight is 222 g/mol. The third kappa shape index (κ3) is 4.31. The molecule has 0 spiro atoms. The summed E-state index contributed by atoms with van der Waals surface area (Å²) in [6.07, 6.45) is 0.793. The van der Waals surface area contributed by atoms with E-state index in [-0.39, 0.29) is 5.91 Å². The number of carbonyl (C=O) groups excluding carboxylic acids is 1. The SMILES string of the molecule is CCCC(=O)Nc1ccc(NC(C)O)cc1. The molecule has 3 N–H and O–H groups in total. The highest BCUT2D eigenvalue weighted by molar-refractivity contribution is 5.90. The van der Waals surface area contributed by atoms with Crippen molar-refractivity contribution in [1.82, 2.24) is 0 Å². The molecule has 16 heavy (non-hydrogen) atoms. The number of amides is 1. The second kappa shape index (κ2) is 6.12. The second-order valence-electron chi connectivity index (χ2n) is 3.70. The van der Waals surface area contributed by atoms with E-state index in [1.807, 2.05) is 19.1 Å².